The van der Waals surface area contributed by atoms with Gasteiger partial charge in [0, 0.05) is 37.4 Å². The van der Waals surface area contributed by atoms with Crippen LogP contribution in [0.2, 0.25) is 0 Å². The molecule has 4 heterocycles. The van der Waals surface area contributed by atoms with Gasteiger partial charge in [0.1, 0.15) is 0 Å². The minimum atomic E-state index is -0.763. The molecule has 0 aromatic rings. The van der Waals surface area contributed by atoms with Crippen molar-refractivity contribution in [2.45, 2.75) is 362 Å². The summed E-state index contributed by atoms with van der Waals surface area (Å²) in [6.07, 6.45) is 58.9. The highest BCUT2D eigenvalue weighted by Gasteiger charge is 2.63. The van der Waals surface area contributed by atoms with Gasteiger partial charge in [0.2, 0.25) is 23.6 Å². The van der Waals surface area contributed by atoms with Gasteiger partial charge in [-0.05, 0) is 139 Å². The van der Waals surface area contributed by atoms with Crippen LogP contribution in [0.4, 0.5) is 0 Å². The summed E-state index contributed by atoms with van der Waals surface area (Å²) >= 11 is 0. The molecule has 4 aliphatic heterocycles. The lowest BCUT2D eigenvalue weighted by Gasteiger charge is -2.51. The van der Waals surface area contributed by atoms with Gasteiger partial charge in [-0.15, -0.1) is 0 Å². The van der Waals surface area contributed by atoms with Gasteiger partial charge in [0.05, 0.1) is 34.7 Å². The van der Waals surface area contributed by atoms with Gasteiger partial charge in [-0.3, -0.25) is 58.0 Å². The maximum atomic E-state index is 15.0. The molecule has 12 unspecified atom stereocenters. The summed E-state index contributed by atoms with van der Waals surface area (Å²) in [5.41, 5.74) is -1.39. The Kier molecular flexibility index (Phi) is 31.4. The summed E-state index contributed by atoms with van der Waals surface area (Å²) in [6.45, 7) is 18.7. The van der Waals surface area contributed by atoms with E-state index >= 15 is 0 Å². The van der Waals surface area contributed by atoms with E-state index in [1.807, 2.05) is 0 Å². The fourth-order valence-electron chi connectivity index (χ4n) is 19.2. The lowest BCUT2D eigenvalue weighted by Crippen LogP contribution is -2.58. The van der Waals surface area contributed by atoms with E-state index in [0.717, 1.165) is 126 Å². The summed E-state index contributed by atoms with van der Waals surface area (Å²) in [5, 5.41) is 0. The zero-order valence-corrected chi connectivity index (χ0v) is 60.6. The normalized spacial score (nSPS) is 27.2. The van der Waals surface area contributed by atoms with Crippen LogP contribution in [0, 0.1) is 64.6 Å². The highest BCUT2D eigenvalue weighted by atomic mass is 16.2. The molecule has 12 atom stereocenters. The van der Waals surface area contributed by atoms with E-state index in [1.54, 1.807) is 4.90 Å². The number of hydrogen-bond acceptors (Lipinski definition) is 8. The van der Waals surface area contributed by atoms with Crippen molar-refractivity contribution in [3.05, 3.63) is 24.3 Å². The number of carbonyl (C=O) groups is 8. The summed E-state index contributed by atoms with van der Waals surface area (Å²) < 4.78 is 0. The Morgan fingerprint density at radius 3 is 1.29 bits per heavy atom. The number of hydrogen-bond donors (Lipinski definition) is 0. The molecule has 7 rings (SSSR count). The number of likely N-dealkylation sites (tertiary alicyclic amines) is 2. The topological polar surface area (TPSA) is 150 Å². The van der Waals surface area contributed by atoms with Crippen molar-refractivity contribution < 1.29 is 38.4 Å². The van der Waals surface area contributed by atoms with Crippen LogP contribution in [-0.4, -0.2) is 91.0 Å². The third-order valence-corrected chi connectivity index (χ3v) is 25.4. The van der Waals surface area contributed by atoms with Crippen molar-refractivity contribution in [3.8, 4) is 0 Å². The Hall–Kier alpha value is -3.96. The minimum Gasteiger partial charge on any atom is -0.282 e. The number of amides is 8. The van der Waals surface area contributed by atoms with E-state index in [1.165, 1.54) is 219 Å². The van der Waals surface area contributed by atoms with Gasteiger partial charge in [0.25, 0.3) is 23.6 Å². The van der Waals surface area contributed by atoms with Crippen LogP contribution in [0.3, 0.4) is 0 Å². The smallest absolute Gasteiger partial charge is 0.254 e. The Morgan fingerprint density at radius 1 is 0.419 bits per heavy atom. The number of nitrogens with zero attached hydrogens (tertiary/aromatic N) is 4. The lowest BCUT2D eigenvalue weighted by molar-refractivity contribution is -0.153. The van der Waals surface area contributed by atoms with E-state index in [-0.39, 0.29) is 71.1 Å². The number of carbonyl (C=O) groups excluding carboxylic acids is 8. The first-order valence-electron chi connectivity index (χ1n) is 39.7. The van der Waals surface area contributed by atoms with E-state index in [4.69, 9.17) is 0 Å². The molecule has 0 bridgehead atoms. The van der Waals surface area contributed by atoms with E-state index in [9.17, 15) is 38.4 Å². The quantitative estimate of drug-likeness (QED) is 0.0432. The molecule has 93 heavy (non-hydrogen) atoms. The zero-order valence-electron chi connectivity index (χ0n) is 60.6. The highest BCUT2D eigenvalue weighted by Crippen LogP contribution is 2.55. The van der Waals surface area contributed by atoms with E-state index in [0.29, 0.717) is 24.9 Å². The Bertz CT molecular complexity index is 2390. The standard InChI is InChI=1S/C81H134N4O8/c1-9-13-16-19-27-36-46-65-62(43-33-18-15-11-3)48-49-63(44-34-25-24-26-35-45-64-60-81(64,8)84-73(88)52-53-74(84)89)66(65)47-37-28-20-22-31-40-56-83-75(90)67-57-69-70(58-68(67)76(83)91)78(93)85(77(69)92)79(5,6)80(7,59-61(41-12-4)42-32-17-14-10-2)54-38-29-21-23-30-39-55-82-71(86)50-51-72(82)87/h50-53,61-70H,9-49,54-60H2,1-8H3. The second-order valence-electron chi connectivity index (χ2n) is 32.3. The van der Waals surface area contributed by atoms with Crippen molar-refractivity contribution in [2.24, 2.45) is 64.6 Å². The van der Waals surface area contributed by atoms with Crippen molar-refractivity contribution in [1.82, 2.24) is 19.6 Å². The van der Waals surface area contributed by atoms with Crippen molar-refractivity contribution in [2.75, 3.05) is 13.1 Å². The molecular weight excluding hydrogens is 1160 g/mol. The average Bonchev–Trinajstić information content (AvgIpc) is 1.59. The van der Waals surface area contributed by atoms with Crippen molar-refractivity contribution >= 4 is 47.3 Å². The fourth-order valence-corrected chi connectivity index (χ4v) is 19.2. The first kappa shape index (κ1) is 76.4. The van der Waals surface area contributed by atoms with Crippen LogP contribution in [0.1, 0.15) is 351 Å². The van der Waals surface area contributed by atoms with Crippen LogP contribution in [0.5, 0.6) is 0 Å². The molecule has 12 nitrogen and oxygen atoms in total. The van der Waals surface area contributed by atoms with Crippen LogP contribution >= 0.6 is 0 Å². The molecule has 12 heteroatoms. The van der Waals surface area contributed by atoms with Gasteiger partial charge < -0.3 is 0 Å². The average molecular weight is 1290 g/mol. The second-order valence-corrected chi connectivity index (χ2v) is 32.3. The molecule has 0 aromatic heterocycles. The molecule has 3 saturated carbocycles. The molecule has 3 aliphatic carbocycles. The Labute approximate surface area is 566 Å². The molecule has 0 radical (unpaired) electrons. The summed E-state index contributed by atoms with van der Waals surface area (Å²) in [5.74, 6) is 0.867. The van der Waals surface area contributed by atoms with Gasteiger partial charge in [0.15, 0.2) is 0 Å². The molecule has 8 amide bonds. The van der Waals surface area contributed by atoms with Crippen LogP contribution in [0.25, 0.3) is 0 Å². The maximum absolute atomic E-state index is 15.0. The molecular formula is C81H134N4O8. The maximum Gasteiger partial charge on any atom is 0.254 e. The zero-order chi connectivity index (χ0) is 67.0. The monoisotopic (exact) mass is 1290 g/mol. The Morgan fingerprint density at radius 2 is 0.806 bits per heavy atom. The molecule has 7 aliphatic rings. The van der Waals surface area contributed by atoms with Gasteiger partial charge in [-0.25, -0.2) is 0 Å². The van der Waals surface area contributed by atoms with E-state index < -0.39 is 29.2 Å². The molecule has 5 fully saturated rings. The summed E-state index contributed by atoms with van der Waals surface area (Å²) in [6, 6.07) is 0. The molecule has 0 N–H and O–H groups in total. The number of unbranched alkanes of at least 4 members (excludes halogenated alkanes) is 25. The third-order valence-electron chi connectivity index (χ3n) is 25.4. The van der Waals surface area contributed by atoms with Crippen LogP contribution in [0.15, 0.2) is 24.3 Å². The predicted octanol–water partition coefficient (Wildman–Crippen LogP) is 19.3. The third kappa shape index (κ3) is 20.6. The van der Waals surface area contributed by atoms with E-state index in [2.05, 4.69) is 55.4 Å². The number of fused-ring (bicyclic) bond motifs is 2. The largest absolute Gasteiger partial charge is 0.282 e. The van der Waals surface area contributed by atoms with Gasteiger partial charge in [-0.2, -0.15) is 0 Å². The van der Waals surface area contributed by atoms with Crippen molar-refractivity contribution in [3.63, 3.8) is 0 Å². The summed E-state index contributed by atoms with van der Waals surface area (Å²) in [4.78, 5) is 113. The first-order chi connectivity index (χ1) is 44.9. The summed E-state index contributed by atoms with van der Waals surface area (Å²) in [7, 11) is 0. The van der Waals surface area contributed by atoms with Gasteiger partial charge >= 0.3 is 0 Å². The van der Waals surface area contributed by atoms with Crippen LogP contribution < -0.4 is 0 Å². The first-order valence-corrected chi connectivity index (χ1v) is 39.7. The lowest BCUT2D eigenvalue weighted by atomic mass is 9.61. The molecule has 2 saturated heterocycles. The minimum absolute atomic E-state index is 0.126. The number of imide groups is 4. The second kappa shape index (κ2) is 38.3. The molecule has 0 aromatic carbocycles. The number of rotatable bonds is 50. The van der Waals surface area contributed by atoms with Crippen LogP contribution in [-0.2, 0) is 38.4 Å². The van der Waals surface area contributed by atoms with Gasteiger partial charge in [-0.1, -0.05) is 253 Å². The SMILES string of the molecule is CCCCCCCCC1C(CCCCCC)CCC(CCCCCCCC2CC2(C)N2C(=O)C=CC2=O)C1CCCCCCCCN1C(=O)C2CC3C(=O)N(C(C)(C)C(C)(CCCCCCCCN4C(=O)C=CC4=O)CC(CCC)CCCCCC)C(=O)C3CC2C1=O. The predicted molar refractivity (Wildman–Crippen MR) is 376 cm³/mol. The Balaban J connectivity index is 0.876. The molecule has 526 valence electrons. The highest BCUT2D eigenvalue weighted by molar-refractivity contribution is 6.14. The van der Waals surface area contributed by atoms with Crippen molar-refractivity contribution in [1.29, 1.82) is 0 Å². The fraction of sp³-hybridized carbons (Fsp3) is 0.852. The molecule has 0 spiro atoms.